The van der Waals surface area contributed by atoms with Crippen LogP contribution in [0.4, 0.5) is 8.78 Å². The predicted octanol–water partition coefficient (Wildman–Crippen LogP) is 3.29. The Labute approximate surface area is 101 Å². The number of halogens is 2. The van der Waals surface area contributed by atoms with Crippen molar-refractivity contribution in [3.05, 3.63) is 35.1 Å². The zero-order valence-electron chi connectivity index (χ0n) is 10.2. The molecule has 0 radical (unpaired) electrons. The summed E-state index contributed by atoms with van der Waals surface area (Å²) >= 11 is 0. The molecule has 1 aliphatic rings. The number of benzene rings is 1. The zero-order valence-corrected chi connectivity index (χ0v) is 10.2. The van der Waals surface area contributed by atoms with Gasteiger partial charge >= 0.3 is 0 Å². The van der Waals surface area contributed by atoms with E-state index in [4.69, 9.17) is 5.73 Å². The summed E-state index contributed by atoms with van der Waals surface area (Å²) in [5.74, 6) is -0.259. The van der Waals surface area contributed by atoms with Gasteiger partial charge in [-0.05, 0) is 55.9 Å². The van der Waals surface area contributed by atoms with Gasteiger partial charge in [0.15, 0.2) is 0 Å². The maximum Gasteiger partial charge on any atom is 0.123 e. The highest BCUT2D eigenvalue weighted by atomic mass is 19.1. The molecule has 0 aliphatic heterocycles. The lowest BCUT2D eigenvalue weighted by molar-refractivity contribution is 0.0993. The van der Waals surface area contributed by atoms with E-state index in [1.54, 1.807) is 6.07 Å². The molecule has 1 saturated carbocycles. The lowest BCUT2D eigenvalue weighted by Gasteiger charge is -2.33. The average Bonchev–Trinajstić information content (AvgIpc) is 2.27. The molecule has 0 heterocycles. The minimum Gasteiger partial charge on any atom is -0.328 e. The average molecular weight is 239 g/mol. The van der Waals surface area contributed by atoms with Crippen LogP contribution in [0.25, 0.3) is 0 Å². The lowest BCUT2D eigenvalue weighted by Crippen LogP contribution is -2.37. The van der Waals surface area contributed by atoms with Crippen LogP contribution in [-0.4, -0.2) is 11.7 Å². The van der Waals surface area contributed by atoms with Crippen molar-refractivity contribution in [2.75, 3.05) is 0 Å². The van der Waals surface area contributed by atoms with Crippen LogP contribution in [0, 0.1) is 12.7 Å². The summed E-state index contributed by atoms with van der Waals surface area (Å²) in [6.45, 7) is 1.83. The van der Waals surface area contributed by atoms with Gasteiger partial charge in [0.1, 0.15) is 11.5 Å². The van der Waals surface area contributed by atoms with Gasteiger partial charge in [0.25, 0.3) is 0 Å². The van der Waals surface area contributed by atoms with Crippen LogP contribution in [0.15, 0.2) is 18.2 Å². The van der Waals surface area contributed by atoms with Crippen LogP contribution in [0.5, 0.6) is 0 Å². The fourth-order valence-corrected chi connectivity index (χ4v) is 2.53. The van der Waals surface area contributed by atoms with Crippen molar-refractivity contribution < 1.29 is 8.78 Å². The summed E-state index contributed by atoms with van der Waals surface area (Å²) in [4.78, 5) is 0. The zero-order chi connectivity index (χ0) is 12.5. The summed E-state index contributed by atoms with van der Waals surface area (Å²) < 4.78 is 27.5. The number of nitrogens with two attached hydrogens (primary N) is 1. The highest BCUT2D eigenvalue weighted by molar-refractivity contribution is 5.28. The molecule has 2 N–H and O–H groups in total. The molecule has 0 bridgehead atoms. The molecule has 0 atom stereocenters. The molecule has 1 nitrogen and oxygen atoms in total. The van der Waals surface area contributed by atoms with Crippen molar-refractivity contribution in [1.29, 1.82) is 0 Å². The van der Waals surface area contributed by atoms with Gasteiger partial charge < -0.3 is 5.73 Å². The molecule has 1 aromatic rings. The van der Waals surface area contributed by atoms with Gasteiger partial charge in [-0.1, -0.05) is 6.07 Å². The largest absolute Gasteiger partial charge is 0.328 e. The summed E-state index contributed by atoms with van der Waals surface area (Å²) in [6, 6.07) is 4.71. The van der Waals surface area contributed by atoms with E-state index in [-0.39, 0.29) is 11.9 Å². The second kappa shape index (κ2) is 4.73. The minimum absolute atomic E-state index is 0.146. The molecular weight excluding hydrogens is 220 g/mol. The molecule has 1 aromatic carbocycles. The summed E-state index contributed by atoms with van der Waals surface area (Å²) in [7, 11) is 0. The smallest absolute Gasteiger partial charge is 0.123 e. The SMILES string of the molecule is Cc1cc(F)ccc1CC1(F)CCC(N)CC1. The van der Waals surface area contributed by atoms with E-state index in [1.807, 2.05) is 6.92 Å². The fraction of sp³-hybridized carbons (Fsp3) is 0.571. The molecule has 0 unspecified atom stereocenters. The van der Waals surface area contributed by atoms with Gasteiger partial charge in [0, 0.05) is 12.5 Å². The second-order valence-corrected chi connectivity index (χ2v) is 5.24. The maximum atomic E-state index is 14.6. The first-order chi connectivity index (χ1) is 7.98. The van der Waals surface area contributed by atoms with Crippen LogP contribution >= 0.6 is 0 Å². The molecule has 94 valence electrons. The van der Waals surface area contributed by atoms with E-state index in [9.17, 15) is 8.78 Å². The molecule has 17 heavy (non-hydrogen) atoms. The topological polar surface area (TPSA) is 26.0 Å². The third kappa shape index (κ3) is 3.03. The van der Waals surface area contributed by atoms with Crippen molar-refractivity contribution in [2.45, 2.75) is 50.7 Å². The number of rotatable bonds is 2. The van der Waals surface area contributed by atoms with Crippen LogP contribution in [-0.2, 0) is 6.42 Å². The lowest BCUT2D eigenvalue weighted by atomic mass is 9.79. The highest BCUT2D eigenvalue weighted by Crippen LogP contribution is 2.35. The molecule has 3 heteroatoms. The van der Waals surface area contributed by atoms with Gasteiger partial charge in [0.2, 0.25) is 0 Å². The molecule has 0 spiro atoms. The number of aryl methyl sites for hydroxylation is 1. The Bertz CT molecular complexity index is 395. The molecule has 0 aromatic heterocycles. The number of hydrogen-bond acceptors (Lipinski definition) is 1. The Hall–Kier alpha value is -0.960. The third-order valence-electron chi connectivity index (χ3n) is 3.74. The first-order valence-corrected chi connectivity index (χ1v) is 6.18. The quantitative estimate of drug-likeness (QED) is 0.842. The van der Waals surface area contributed by atoms with Gasteiger partial charge in [-0.2, -0.15) is 0 Å². The monoisotopic (exact) mass is 239 g/mol. The van der Waals surface area contributed by atoms with Crippen molar-refractivity contribution in [2.24, 2.45) is 5.73 Å². The van der Waals surface area contributed by atoms with Crippen LogP contribution in [0.2, 0.25) is 0 Å². The van der Waals surface area contributed by atoms with Crippen LogP contribution < -0.4 is 5.73 Å². The maximum absolute atomic E-state index is 14.6. The van der Waals surface area contributed by atoms with E-state index >= 15 is 0 Å². The van der Waals surface area contributed by atoms with E-state index in [1.165, 1.54) is 12.1 Å². The molecule has 0 saturated heterocycles. The predicted molar refractivity (Wildman–Crippen MR) is 65.1 cm³/mol. The molecule has 1 fully saturated rings. The Morgan fingerprint density at radius 1 is 1.35 bits per heavy atom. The van der Waals surface area contributed by atoms with Crippen molar-refractivity contribution in [1.82, 2.24) is 0 Å². The normalized spacial score (nSPS) is 29.3. The Kier molecular flexibility index (Phi) is 3.48. The van der Waals surface area contributed by atoms with E-state index in [0.29, 0.717) is 19.3 Å². The summed E-state index contributed by atoms with van der Waals surface area (Å²) in [6.07, 6.45) is 2.91. The van der Waals surface area contributed by atoms with Crippen LogP contribution in [0.1, 0.15) is 36.8 Å². The van der Waals surface area contributed by atoms with Gasteiger partial charge in [-0.15, -0.1) is 0 Å². The Balaban J connectivity index is 2.09. The van der Waals surface area contributed by atoms with Crippen molar-refractivity contribution in [3.8, 4) is 0 Å². The molecule has 2 rings (SSSR count). The van der Waals surface area contributed by atoms with Gasteiger partial charge in [-0.3, -0.25) is 0 Å². The second-order valence-electron chi connectivity index (χ2n) is 5.24. The van der Waals surface area contributed by atoms with Crippen LogP contribution in [0.3, 0.4) is 0 Å². The van der Waals surface area contributed by atoms with Crippen molar-refractivity contribution in [3.63, 3.8) is 0 Å². The number of hydrogen-bond donors (Lipinski definition) is 1. The standard InChI is InChI=1S/C14H19F2N/c1-10-8-12(15)3-2-11(10)9-14(16)6-4-13(17)5-7-14/h2-3,8,13H,4-7,9,17H2,1H3. The molecule has 0 amide bonds. The van der Waals surface area contributed by atoms with Crippen molar-refractivity contribution >= 4 is 0 Å². The summed E-state index contributed by atoms with van der Waals surface area (Å²) in [5.41, 5.74) is 6.37. The summed E-state index contributed by atoms with van der Waals surface area (Å²) in [5, 5.41) is 0. The first-order valence-electron chi connectivity index (χ1n) is 6.18. The third-order valence-corrected chi connectivity index (χ3v) is 3.74. The Morgan fingerprint density at radius 2 is 2.00 bits per heavy atom. The molecular formula is C14H19F2N. The Morgan fingerprint density at radius 3 is 2.59 bits per heavy atom. The fourth-order valence-electron chi connectivity index (χ4n) is 2.53. The highest BCUT2D eigenvalue weighted by Gasteiger charge is 2.34. The van der Waals surface area contributed by atoms with E-state index < -0.39 is 5.67 Å². The molecule has 1 aliphatic carbocycles. The minimum atomic E-state index is -1.15. The van der Waals surface area contributed by atoms with E-state index in [0.717, 1.165) is 24.0 Å². The van der Waals surface area contributed by atoms with Gasteiger partial charge in [-0.25, -0.2) is 8.78 Å². The number of alkyl halides is 1. The van der Waals surface area contributed by atoms with Gasteiger partial charge in [0.05, 0.1) is 0 Å². The van der Waals surface area contributed by atoms with E-state index in [2.05, 4.69) is 0 Å². The first kappa shape index (κ1) is 12.5.